The van der Waals surface area contributed by atoms with Gasteiger partial charge in [0.2, 0.25) is 0 Å². The van der Waals surface area contributed by atoms with Crippen LogP contribution in [0.1, 0.15) is 43.1 Å². The second kappa shape index (κ2) is 3.53. The molecule has 0 unspecified atom stereocenters. The van der Waals surface area contributed by atoms with Gasteiger partial charge in [-0.2, -0.15) is 5.26 Å². The van der Waals surface area contributed by atoms with Crippen LogP contribution in [-0.2, 0) is 0 Å². The molecule has 13 heavy (non-hydrogen) atoms. The molecule has 1 heterocycles. The average Bonchev–Trinajstić information content (AvgIpc) is 2.71. The molecule has 0 aliphatic heterocycles. The standard InChI is InChI=1S/C10H11N3/c11-7-9-5-6-12-10(13-9)8-3-1-2-4-8/h5-6,8H,1-4H2. The van der Waals surface area contributed by atoms with Gasteiger partial charge in [0.1, 0.15) is 17.6 Å². The summed E-state index contributed by atoms with van der Waals surface area (Å²) >= 11 is 0. The average molecular weight is 173 g/mol. The van der Waals surface area contributed by atoms with Crippen molar-refractivity contribution in [1.82, 2.24) is 9.97 Å². The summed E-state index contributed by atoms with van der Waals surface area (Å²) in [5.74, 6) is 1.35. The maximum atomic E-state index is 8.66. The van der Waals surface area contributed by atoms with Crippen LogP contribution in [0.15, 0.2) is 12.3 Å². The van der Waals surface area contributed by atoms with Crippen LogP contribution in [-0.4, -0.2) is 9.97 Å². The molecule has 0 bridgehead atoms. The van der Waals surface area contributed by atoms with E-state index in [9.17, 15) is 0 Å². The highest BCUT2D eigenvalue weighted by Crippen LogP contribution is 2.31. The summed E-state index contributed by atoms with van der Waals surface area (Å²) in [6, 6.07) is 3.69. The number of hydrogen-bond donors (Lipinski definition) is 0. The second-order valence-corrected chi connectivity index (χ2v) is 3.39. The van der Waals surface area contributed by atoms with Crippen LogP contribution in [0.3, 0.4) is 0 Å². The van der Waals surface area contributed by atoms with Gasteiger partial charge in [-0.15, -0.1) is 0 Å². The lowest BCUT2D eigenvalue weighted by molar-refractivity contribution is 0.666. The Labute approximate surface area is 77.4 Å². The Kier molecular flexibility index (Phi) is 2.22. The van der Waals surface area contributed by atoms with Gasteiger partial charge in [0.15, 0.2) is 0 Å². The van der Waals surface area contributed by atoms with Crippen molar-refractivity contribution in [3.63, 3.8) is 0 Å². The maximum Gasteiger partial charge on any atom is 0.144 e. The van der Waals surface area contributed by atoms with Crippen molar-refractivity contribution in [2.24, 2.45) is 0 Å². The molecule has 1 saturated carbocycles. The molecule has 2 rings (SSSR count). The third-order valence-corrected chi connectivity index (χ3v) is 2.51. The van der Waals surface area contributed by atoms with E-state index in [1.54, 1.807) is 12.3 Å². The van der Waals surface area contributed by atoms with Gasteiger partial charge in [-0.05, 0) is 18.9 Å². The predicted octanol–water partition coefficient (Wildman–Crippen LogP) is 2.01. The maximum absolute atomic E-state index is 8.66. The third-order valence-electron chi connectivity index (χ3n) is 2.51. The Bertz CT molecular complexity index is 334. The zero-order valence-electron chi connectivity index (χ0n) is 7.40. The van der Waals surface area contributed by atoms with Crippen LogP contribution >= 0.6 is 0 Å². The molecule has 0 spiro atoms. The first-order chi connectivity index (χ1) is 6.40. The van der Waals surface area contributed by atoms with E-state index in [2.05, 4.69) is 9.97 Å². The molecule has 0 N–H and O–H groups in total. The molecule has 0 atom stereocenters. The van der Waals surface area contributed by atoms with Crippen molar-refractivity contribution in [2.75, 3.05) is 0 Å². The van der Waals surface area contributed by atoms with E-state index in [0.717, 1.165) is 5.82 Å². The largest absolute Gasteiger partial charge is 0.241 e. The van der Waals surface area contributed by atoms with Gasteiger partial charge >= 0.3 is 0 Å². The topological polar surface area (TPSA) is 49.6 Å². The van der Waals surface area contributed by atoms with Crippen LogP contribution < -0.4 is 0 Å². The second-order valence-electron chi connectivity index (χ2n) is 3.39. The van der Waals surface area contributed by atoms with Crippen LogP contribution in [0.25, 0.3) is 0 Å². The lowest BCUT2D eigenvalue weighted by atomic mass is 10.1. The highest BCUT2D eigenvalue weighted by atomic mass is 14.9. The molecule has 3 heteroatoms. The summed E-state index contributed by atoms with van der Waals surface area (Å²) in [4.78, 5) is 8.41. The fraction of sp³-hybridized carbons (Fsp3) is 0.500. The van der Waals surface area contributed by atoms with Gasteiger partial charge < -0.3 is 0 Å². The smallest absolute Gasteiger partial charge is 0.144 e. The SMILES string of the molecule is N#Cc1ccnc(C2CCCC2)n1. The first-order valence-electron chi connectivity index (χ1n) is 4.63. The molecule has 1 fully saturated rings. The number of rotatable bonds is 1. The van der Waals surface area contributed by atoms with E-state index < -0.39 is 0 Å². The highest BCUT2D eigenvalue weighted by molar-refractivity contribution is 5.19. The number of nitrogens with zero attached hydrogens (tertiary/aromatic N) is 3. The number of aromatic nitrogens is 2. The predicted molar refractivity (Wildman–Crippen MR) is 48.0 cm³/mol. The molecular weight excluding hydrogens is 162 g/mol. The van der Waals surface area contributed by atoms with Crippen molar-refractivity contribution in [3.05, 3.63) is 23.8 Å². The van der Waals surface area contributed by atoms with Crippen LogP contribution in [0.5, 0.6) is 0 Å². The van der Waals surface area contributed by atoms with Gasteiger partial charge in [-0.3, -0.25) is 0 Å². The molecule has 1 aromatic heterocycles. The lowest BCUT2D eigenvalue weighted by Gasteiger charge is -2.05. The van der Waals surface area contributed by atoms with E-state index in [1.165, 1.54) is 25.7 Å². The third kappa shape index (κ3) is 1.67. The van der Waals surface area contributed by atoms with Crippen molar-refractivity contribution in [1.29, 1.82) is 5.26 Å². The first kappa shape index (κ1) is 8.18. The summed E-state index contributed by atoms with van der Waals surface area (Å²) in [6.45, 7) is 0. The van der Waals surface area contributed by atoms with Gasteiger partial charge in [0.25, 0.3) is 0 Å². The van der Waals surface area contributed by atoms with Crippen molar-refractivity contribution in [2.45, 2.75) is 31.6 Å². The molecule has 66 valence electrons. The minimum atomic E-state index is 0.483. The van der Waals surface area contributed by atoms with Crippen LogP contribution in [0.4, 0.5) is 0 Å². The van der Waals surface area contributed by atoms with Gasteiger partial charge in [0.05, 0.1) is 0 Å². The summed E-state index contributed by atoms with van der Waals surface area (Å²) in [5, 5.41) is 8.66. The fourth-order valence-corrected chi connectivity index (χ4v) is 1.82. The van der Waals surface area contributed by atoms with Crippen molar-refractivity contribution < 1.29 is 0 Å². The monoisotopic (exact) mass is 173 g/mol. The number of nitriles is 1. The van der Waals surface area contributed by atoms with E-state index in [-0.39, 0.29) is 0 Å². The van der Waals surface area contributed by atoms with Gasteiger partial charge in [0, 0.05) is 12.1 Å². The normalized spacial score (nSPS) is 17.2. The molecule has 0 aromatic carbocycles. The minimum Gasteiger partial charge on any atom is -0.241 e. The lowest BCUT2D eigenvalue weighted by Crippen LogP contribution is -2.01. The Hall–Kier alpha value is -1.43. The fourth-order valence-electron chi connectivity index (χ4n) is 1.82. The minimum absolute atomic E-state index is 0.483. The summed E-state index contributed by atoms with van der Waals surface area (Å²) in [7, 11) is 0. The Balaban J connectivity index is 2.25. The Morgan fingerprint density at radius 3 is 2.85 bits per heavy atom. The molecule has 3 nitrogen and oxygen atoms in total. The Morgan fingerprint density at radius 2 is 2.15 bits per heavy atom. The summed E-state index contributed by atoms with van der Waals surface area (Å²) in [5.41, 5.74) is 0.483. The molecule has 0 amide bonds. The van der Waals surface area contributed by atoms with E-state index in [4.69, 9.17) is 5.26 Å². The van der Waals surface area contributed by atoms with Crippen LogP contribution in [0, 0.1) is 11.3 Å². The van der Waals surface area contributed by atoms with E-state index >= 15 is 0 Å². The van der Waals surface area contributed by atoms with E-state index in [0.29, 0.717) is 11.6 Å². The zero-order chi connectivity index (χ0) is 9.10. The van der Waals surface area contributed by atoms with Crippen molar-refractivity contribution in [3.8, 4) is 6.07 Å². The number of hydrogen-bond acceptors (Lipinski definition) is 3. The zero-order valence-corrected chi connectivity index (χ0v) is 7.40. The summed E-state index contributed by atoms with van der Waals surface area (Å²) in [6.07, 6.45) is 6.57. The highest BCUT2D eigenvalue weighted by Gasteiger charge is 2.19. The van der Waals surface area contributed by atoms with Gasteiger partial charge in [-0.25, -0.2) is 9.97 Å². The molecule has 1 aromatic rings. The molecule has 1 aliphatic rings. The molecular formula is C10H11N3. The van der Waals surface area contributed by atoms with Crippen LogP contribution in [0.2, 0.25) is 0 Å². The van der Waals surface area contributed by atoms with Gasteiger partial charge in [-0.1, -0.05) is 12.8 Å². The molecule has 0 saturated heterocycles. The Morgan fingerprint density at radius 1 is 1.38 bits per heavy atom. The van der Waals surface area contributed by atoms with Crippen molar-refractivity contribution >= 4 is 0 Å². The molecule has 1 aliphatic carbocycles. The molecule has 0 radical (unpaired) electrons. The quantitative estimate of drug-likeness (QED) is 0.652. The summed E-state index contributed by atoms with van der Waals surface area (Å²) < 4.78 is 0. The first-order valence-corrected chi connectivity index (χ1v) is 4.63. The van der Waals surface area contributed by atoms with E-state index in [1.807, 2.05) is 6.07 Å².